The molecule has 1 heterocycles. The summed E-state index contributed by atoms with van der Waals surface area (Å²) in [4.78, 5) is 2.07. The Kier molecular flexibility index (Phi) is 2.56. The molecule has 0 amide bonds. The van der Waals surface area contributed by atoms with Crippen LogP contribution in [0.1, 0.15) is 0 Å². The highest BCUT2D eigenvalue weighted by Crippen LogP contribution is 2.32. The number of nitrogens with zero attached hydrogens (tertiary/aromatic N) is 3. The number of para-hydroxylation sites is 1. The minimum Gasteiger partial charge on any atom is -0.396 e. The quantitative estimate of drug-likeness (QED) is 0.831. The Bertz CT molecular complexity index is 480. The Morgan fingerprint density at radius 3 is 2.50 bits per heavy atom. The number of rotatable bonds is 2. The molecule has 2 aromatic rings. The van der Waals surface area contributed by atoms with Crippen molar-refractivity contribution in [3.8, 4) is 11.3 Å². The lowest BCUT2D eigenvalue weighted by Gasteiger charge is -2.17. The number of nitrogens with two attached hydrogens (primary N) is 1. The maximum absolute atomic E-state index is 5.94. The lowest BCUT2D eigenvalue weighted by atomic mass is 10.1. The Labute approximate surface area is 95.3 Å². The molecule has 0 radical (unpaired) electrons. The average Bonchev–Trinajstić information content (AvgIpc) is 2.58. The van der Waals surface area contributed by atoms with Gasteiger partial charge in [-0.1, -0.05) is 18.2 Å². The van der Waals surface area contributed by atoms with Crippen molar-refractivity contribution >= 4 is 11.4 Å². The van der Waals surface area contributed by atoms with E-state index < -0.39 is 0 Å². The molecule has 1 aromatic carbocycles. The van der Waals surface area contributed by atoms with Crippen LogP contribution >= 0.6 is 0 Å². The van der Waals surface area contributed by atoms with Gasteiger partial charge in [0.2, 0.25) is 0 Å². The van der Waals surface area contributed by atoms with E-state index in [-0.39, 0.29) is 0 Å². The first-order valence-electron chi connectivity index (χ1n) is 5.15. The average molecular weight is 216 g/mol. The molecule has 0 spiro atoms. The molecule has 0 atom stereocenters. The highest BCUT2D eigenvalue weighted by atomic mass is 15.3. The second kappa shape index (κ2) is 3.89. The van der Waals surface area contributed by atoms with Gasteiger partial charge in [-0.15, -0.1) is 0 Å². The minimum atomic E-state index is 0.705. The lowest BCUT2D eigenvalue weighted by Crippen LogP contribution is -2.10. The first-order valence-corrected chi connectivity index (χ1v) is 5.15. The van der Waals surface area contributed by atoms with Gasteiger partial charge in [-0.05, 0) is 6.07 Å². The molecule has 0 bridgehead atoms. The number of aryl methyl sites for hydroxylation is 1. The van der Waals surface area contributed by atoms with E-state index in [2.05, 4.69) is 22.1 Å². The van der Waals surface area contributed by atoms with E-state index in [9.17, 15) is 0 Å². The van der Waals surface area contributed by atoms with Crippen LogP contribution in [-0.4, -0.2) is 23.9 Å². The van der Waals surface area contributed by atoms with Gasteiger partial charge in [-0.2, -0.15) is 5.10 Å². The van der Waals surface area contributed by atoms with E-state index in [1.165, 1.54) is 0 Å². The Balaban J connectivity index is 2.64. The molecule has 0 unspecified atom stereocenters. The van der Waals surface area contributed by atoms with Gasteiger partial charge in [-0.25, -0.2) is 0 Å². The van der Waals surface area contributed by atoms with E-state index in [4.69, 9.17) is 5.73 Å². The molecule has 0 aliphatic heterocycles. The third-order valence-electron chi connectivity index (χ3n) is 2.61. The molecular formula is C12H16N4. The van der Waals surface area contributed by atoms with Crippen LogP contribution in [0, 0.1) is 0 Å². The van der Waals surface area contributed by atoms with Gasteiger partial charge in [0.15, 0.2) is 0 Å². The summed E-state index contributed by atoms with van der Waals surface area (Å²) in [5.74, 6) is 0. The third-order valence-corrected chi connectivity index (χ3v) is 2.61. The molecule has 4 heteroatoms. The lowest BCUT2D eigenvalue weighted by molar-refractivity contribution is 0.776. The zero-order valence-electron chi connectivity index (χ0n) is 9.81. The van der Waals surface area contributed by atoms with Crippen LogP contribution in [0.25, 0.3) is 11.3 Å². The minimum absolute atomic E-state index is 0.705. The fourth-order valence-electron chi connectivity index (χ4n) is 1.85. The molecule has 0 aliphatic carbocycles. The SMILES string of the molecule is CN(C)c1ccccc1-c1c(N)cnn1C. The summed E-state index contributed by atoms with van der Waals surface area (Å²) in [5.41, 5.74) is 9.85. The molecule has 0 saturated carbocycles. The molecule has 0 fully saturated rings. The Morgan fingerprint density at radius 1 is 1.25 bits per heavy atom. The second-order valence-corrected chi connectivity index (χ2v) is 3.98. The van der Waals surface area contributed by atoms with Crippen LogP contribution < -0.4 is 10.6 Å². The maximum Gasteiger partial charge on any atom is 0.0929 e. The van der Waals surface area contributed by atoms with Crippen LogP contribution in [0.5, 0.6) is 0 Å². The summed E-state index contributed by atoms with van der Waals surface area (Å²) in [6.45, 7) is 0. The number of hydrogen-bond acceptors (Lipinski definition) is 3. The number of hydrogen-bond donors (Lipinski definition) is 1. The van der Waals surface area contributed by atoms with Crippen LogP contribution in [0.3, 0.4) is 0 Å². The predicted octanol–water partition coefficient (Wildman–Crippen LogP) is 1.74. The first-order chi connectivity index (χ1) is 7.61. The Hall–Kier alpha value is -1.97. The topological polar surface area (TPSA) is 47.1 Å². The van der Waals surface area contributed by atoms with Gasteiger partial charge in [-0.3, -0.25) is 4.68 Å². The summed E-state index contributed by atoms with van der Waals surface area (Å²) in [7, 11) is 5.94. The second-order valence-electron chi connectivity index (χ2n) is 3.98. The molecule has 1 aromatic heterocycles. The van der Waals surface area contributed by atoms with E-state index in [0.29, 0.717) is 5.69 Å². The van der Waals surface area contributed by atoms with Gasteiger partial charge in [0.1, 0.15) is 0 Å². The Morgan fingerprint density at radius 2 is 1.94 bits per heavy atom. The van der Waals surface area contributed by atoms with E-state index in [1.54, 1.807) is 10.9 Å². The molecule has 0 aliphatic rings. The van der Waals surface area contributed by atoms with Crippen molar-refractivity contribution in [1.82, 2.24) is 9.78 Å². The number of benzene rings is 1. The van der Waals surface area contributed by atoms with Crippen molar-refractivity contribution in [3.05, 3.63) is 30.5 Å². The van der Waals surface area contributed by atoms with Crippen LogP contribution in [0.2, 0.25) is 0 Å². The molecular weight excluding hydrogens is 200 g/mol. The number of nitrogen functional groups attached to an aromatic ring is 1. The molecule has 16 heavy (non-hydrogen) atoms. The maximum atomic E-state index is 5.94. The summed E-state index contributed by atoms with van der Waals surface area (Å²) in [6.07, 6.45) is 1.68. The highest BCUT2D eigenvalue weighted by Gasteiger charge is 2.12. The smallest absolute Gasteiger partial charge is 0.0929 e. The molecule has 2 N–H and O–H groups in total. The molecule has 84 valence electrons. The van der Waals surface area contributed by atoms with Crippen molar-refractivity contribution in [3.63, 3.8) is 0 Å². The van der Waals surface area contributed by atoms with E-state index in [0.717, 1.165) is 16.9 Å². The number of anilines is 2. The van der Waals surface area contributed by atoms with E-state index >= 15 is 0 Å². The van der Waals surface area contributed by atoms with Crippen LogP contribution in [-0.2, 0) is 7.05 Å². The van der Waals surface area contributed by atoms with Gasteiger partial charge < -0.3 is 10.6 Å². The first kappa shape index (κ1) is 10.5. The fraction of sp³-hybridized carbons (Fsp3) is 0.250. The largest absolute Gasteiger partial charge is 0.396 e. The predicted molar refractivity (Wildman–Crippen MR) is 67.4 cm³/mol. The van der Waals surface area contributed by atoms with Crippen molar-refractivity contribution in [2.45, 2.75) is 0 Å². The van der Waals surface area contributed by atoms with Crippen molar-refractivity contribution < 1.29 is 0 Å². The van der Waals surface area contributed by atoms with Crippen molar-refractivity contribution in [1.29, 1.82) is 0 Å². The standard InChI is InChI=1S/C12H16N4/c1-15(2)11-7-5-4-6-9(11)12-10(13)8-14-16(12)3/h4-8H,13H2,1-3H3. The van der Waals surface area contributed by atoms with Crippen molar-refractivity contribution in [2.75, 3.05) is 24.7 Å². The van der Waals surface area contributed by atoms with Gasteiger partial charge in [0.05, 0.1) is 17.6 Å². The molecule has 4 nitrogen and oxygen atoms in total. The third kappa shape index (κ3) is 1.62. The van der Waals surface area contributed by atoms with Gasteiger partial charge in [0, 0.05) is 32.4 Å². The highest BCUT2D eigenvalue weighted by molar-refractivity contribution is 5.82. The number of aromatic nitrogens is 2. The molecule has 0 saturated heterocycles. The van der Waals surface area contributed by atoms with E-state index in [1.807, 2.05) is 33.3 Å². The van der Waals surface area contributed by atoms with Crippen LogP contribution in [0.4, 0.5) is 11.4 Å². The van der Waals surface area contributed by atoms with Crippen LogP contribution in [0.15, 0.2) is 30.5 Å². The summed E-state index contributed by atoms with van der Waals surface area (Å²) < 4.78 is 1.80. The van der Waals surface area contributed by atoms with Gasteiger partial charge in [0.25, 0.3) is 0 Å². The normalized spacial score (nSPS) is 10.4. The summed E-state index contributed by atoms with van der Waals surface area (Å²) in [5, 5.41) is 4.17. The molecule has 2 rings (SSSR count). The zero-order valence-corrected chi connectivity index (χ0v) is 9.81. The fourth-order valence-corrected chi connectivity index (χ4v) is 1.85. The monoisotopic (exact) mass is 216 g/mol. The zero-order chi connectivity index (χ0) is 11.7. The summed E-state index contributed by atoms with van der Waals surface area (Å²) >= 11 is 0. The van der Waals surface area contributed by atoms with Crippen molar-refractivity contribution in [2.24, 2.45) is 7.05 Å². The summed E-state index contributed by atoms with van der Waals surface area (Å²) in [6, 6.07) is 8.16. The van der Waals surface area contributed by atoms with Gasteiger partial charge >= 0.3 is 0 Å².